The van der Waals surface area contributed by atoms with E-state index in [-0.39, 0.29) is 0 Å². The Morgan fingerprint density at radius 1 is 1.00 bits per heavy atom. The van der Waals surface area contributed by atoms with E-state index in [2.05, 4.69) is 5.32 Å². The summed E-state index contributed by atoms with van der Waals surface area (Å²) in [5.74, 6) is -0.431. The second-order valence-corrected chi connectivity index (χ2v) is 4.92. The number of nitrogens with zero attached hydrogens (tertiary/aromatic N) is 1. The van der Waals surface area contributed by atoms with Gasteiger partial charge >= 0.3 is 0 Å². The molecule has 0 saturated heterocycles. The maximum atomic E-state index is 12.3. The minimum absolute atomic E-state index is 0.431. The van der Waals surface area contributed by atoms with Crippen LogP contribution in [0.3, 0.4) is 0 Å². The molecule has 0 radical (unpaired) electrons. The van der Waals surface area contributed by atoms with Crippen molar-refractivity contribution in [3.05, 3.63) is 66.4 Å². The van der Waals surface area contributed by atoms with E-state index in [9.17, 15) is 9.90 Å². The first kappa shape index (κ1) is 11.3. The topological polar surface area (TPSA) is 54.3 Å². The van der Waals surface area contributed by atoms with Crippen LogP contribution in [-0.2, 0) is 10.5 Å². The average Bonchev–Trinajstić information content (AvgIpc) is 3.01. The lowest BCUT2D eigenvalue weighted by Crippen LogP contribution is -2.41. The van der Waals surface area contributed by atoms with Gasteiger partial charge in [-0.05, 0) is 23.6 Å². The van der Waals surface area contributed by atoms with Crippen molar-refractivity contribution in [2.45, 2.75) is 5.72 Å². The third kappa shape index (κ3) is 1.26. The maximum Gasteiger partial charge on any atom is 0.283 e. The third-order valence-electron chi connectivity index (χ3n) is 3.82. The molecule has 2 aromatic carbocycles. The molecule has 1 aromatic heterocycles. The van der Waals surface area contributed by atoms with Crippen LogP contribution in [-0.4, -0.2) is 15.6 Å². The van der Waals surface area contributed by atoms with E-state index in [1.54, 1.807) is 22.9 Å². The van der Waals surface area contributed by atoms with Crippen molar-refractivity contribution < 1.29 is 9.90 Å². The molecule has 1 unspecified atom stereocenters. The summed E-state index contributed by atoms with van der Waals surface area (Å²) in [6, 6.07) is 16.8. The Labute approximate surface area is 115 Å². The summed E-state index contributed by atoms with van der Waals surface area (Å²) in [7, 11) is 0. The maximum absolute atomic E-state index is 12.3. The highest BCUT2D eigenvalue weighted by Gasteiger charge is 2.47. The Bertz CT molecular complexity index is 837. The lowest BCUT2D eigenvalue weighted by atomic mass is 10.0. The number of benzene rings is 2. The van der Waals surface area contributed by atoms with Crippen LogP contribution >= 0.6 is 0 Å². The lowest BCUT2D eigenvalue weighted by molar-refractivity contribution is -0.136. The molecule has 0 spiro atoms. The molecular formula is C16H12N2O2. The zero-order valence-corrected chi connectivity index (χ0v) is 10.6. The first-order valence-electron chi connectivity index (χ1n) is 6.41. The minimum atomic E-state index is -1.69. The van der Waals surface area contributed by atoms with Crippen LogP contribution in [0.1, 0.15) is 5.56 Å². The van der Waals surface area contributed by atoms with E-state index in [1.807, 2.05) is 42.5 Å². The highest BCUT2D eigenvalue weighted by Crippen LogP contribution is 2.38. The zero-order chi connectivity index (χ0) is 13.7. The fourth-order valence-corrected chi connectivity index (χ4v) is 2.83. The van der Waals surface area contributed by atoms with E-state index in [4.69, 9.17) is 0 Å². The van der Waals surface area contributed by atoms with E-state index in [0.717, 1.165) is 10.9 Å². The summed E-state index contributed by atoms with van der Waals surface area (Å²) in [4.78, 5) is 12.3. The number of anilines is 1. The van der Waals surface area contributed by atoms with Crippen LogP contribution in [0.25, 0.3) is 10.9 Å². The molecule has 0 bridgehead atoms. The molecule has 1 aliphatic heterocycles. The van der Waals surface area contributed by atoms with Crippen LogP contribution < -0.4 is 5.32 Å². The van der Waals surface area contributed by atoms with E-state index >= 15 is 0 Å². The standard InChI is InChI=1S/C16H12N2O2/c19-15-16(20,12-6-2-3-7-13(12)17-15)18-10-9-11-5-1-4-8-14(11)18/h1-10,20H,(H,17,19). The molecule has 4 nitrogen and oxygen atoms in total. The highest BCUT2D eigenvalue weighted by molar-refractivity contribution is 6.05. The summed E-state index contributed by atoms with van der Waals surface area (Å²) in [6.45, 7) is 0. The first-order valence-corrected chi connectivity index (χ1v) is 6.41. The van der Waals surface area contributed by atoms with Crippen molar-refractivity contribution >= 4 is 22.5 Å². The average molecular weight is 264 g/mol. The fraction of sp³-hybridized carbons (Fsp3) is 0.0625. The predicted molar refractivity (Wildman–Crippen MR) is 76.3 cm³/mol. The Morgan fingerprint density at radius 3 is 2.65 bits per heavy atom. The number of aromatic nitrogens is 1. The monoisotopic (exact) mass is 264 g/mol. The van der Waals surface area contributed by atoms with Crippen molar-refractivity contribution in [3.63, 3.8) is 0 Å². The van der Waals surface area contributed by atoms with Gasteiger partial charge in [-0.2, -0.15) is 0 Å². The second-order valence-electron chi connectivity index (χ2n) is 4.92. The van der Waals surface area contributed by atoms with Crippen molar-refractivity contribution in [2.75, 3.05) is 5.32 Å². The smallest absolute Gasteiger partial charge is 0.283 e. The van der Waals surface area contributed by atoms with Crippen LogP contribution in [0.2, 0.25) is 0 Å². The number of carbonyl (C=O) groups is 1. The number of fused-ring (bicyclic) bond motifs is 2. The molecule has 1 atom stereocenters. The summed E-state index contributed by atoms with van der Waals surface area (Å²) >= 11 is 0. The van der Waals surface area contributed by atoms with Gasteiger partial charge in [-0.25, -0.2) is 0 Å². The van der Waals surface area contributed by atoms with Gasteiger partial charge < -0.3 is 15.0 Å². The van der Waals surface area contributed by atoms with Gasteiger partial charge in [0.05, 0.1) is 5.52 Å². The Morgan fingerprint density at radius 2 is 1.75 bits per heavy atom. The van der Waals surface area contributed by atoms with Crippen molar-refractivity contribution in [1.82, 2.24) is 4.57 Å². The van der Waals surface area contributed by atoms with E-state index < -0.39 is 11.6 Å². The van der Waals surface area contributed by atoms with Gasteiger partial charge in [0.25, 0.3) is 11.6 Å². The van der Waals surface area contributed by atoms with E-state index in [0.29, 0.717) is 11.3 Å². The number of hydrogen-bond acceptors (Lipinski definition) is 2. The van der Waals surface area contributed by atoms with Crippen LogP contribution in [0.5, 0.6) is 0 Å². The molecule has 20 heavy (non-hydrogen) atoms. The number of hydrogen-bond donors (Lipinski definition) is 2. The number of para-hydroxylation sites is 2. The molecule has 1 aliphatic rings. The lowest BCUT2D eigenvalue weighted by Gasteiger charge is -2.24. The largest absolute Gasteiger partial charge is 0.359 e. The third-order valence-corrected chi connectivity index (χ3v) is 3.82. The molecule has 0 fully saturated rings. The number of carbonyl (C=O) groups excluding carboxylic acids is 1. The van der Waals surface area contributed by atoms with Gasteiger partial charge in [0.15, 0.2) is 0 Å². The van der Waals surface area contributed by atoms with Gasteiger partial charge in [0.2, 0.25) is 0 Å². The summed E-state index contributed by atoms with van der Waals surface area (Å²) < 4.78 is 1.61. The summed E-state index contributed by atoms with van der Waals surface area (Å²) in [5.41, 5.74) is 0.352. The number of rotatable bonds is 1. The minimum Gasteiger partial charge on any atom is -0.359 e. The molecule has 4 rings (SSSR count). The van der Waals surface area contributed by atoms with Gasteiger partial charge in [-0.15, -0.1) is 0 Å². The molecule has 4 heteroatoms. The molecular weight excluding hydrogens is 252 g/mol. The number of amides is 1. The molecule has 3 aromatic rings. The highest BCUT2D eigenvalue weighted by atomic mass is 16.3. The van der Waals surface area contributed by atoms with E-state index in [1.165, 1.54) is 0 Å². The van der Waals surface area contributed by atoms with Gasteiger partial charge in [0.1, 0.15) is 0 Å². The van der Waals surface area contributed by atoms with Gasteiger partial charge in [-0.1, -0.05) is 36.4 Å². The Balaban J connectivity index is 2.04. The molecule has 0 saturated carbocycles. The van der Waals surface area contributed by atoms with Gasteiger partial charge in [-0.3, -0.25) is 4.79 Å². The van der Waals surface area contributed by atoms with Crippen LogP contribution in [0.15, 0.2) is 60.8 Å². The van der Waals surface area contributed by atoms with Crippen molar-refractivity contribution in [3.8, 4) is 0 Å². The quantitative estimate of drug-likeness (QED) is 0.708. The zero-order valence-electron chi connectivity index (χ0n) is 10.6. The predicted octanol–water partition coefficient (Wildman–Crippen LogP) is 2.29. The molecule has 1 amide bonds. The Kier molecular flexibility index (Phi) is 2.09. The summed E-state index contributed by atoms with van der Waals surface area (Å²) in [5, 5.41) is 14.7. The van der Waals surface area contributed by atoms with Crippen molar-refractivity contribution in [1.29, 1.82) is 0 Å². The molecule has 2 heterocycles. The first-order chi connectivity index (χ1) is 9.71. The number of nitrogens with one attached hydrogen (secondary N) is 1. The molecule has 2 N–H and O–H groups in total. The summed E-state index contributed by atoms with van der Waals surface area (Å²) in [6.07, 6.45) is 1.74. The van der Waals surface area contributed by atoms with Crippen molar-refractivity contribution in [2.24, 2.45) is 0 Å². The van der Waals surface area contributed by atoms with Gasteiger partial charge in [0, 0.05) is 17.4 Å². The Hall–Kier alpha value is -2.59. The normalized spacial score (nSPS) is 20.9. The SMILES string of the molecule is O=C1Nc2ccccc2C1(O)n1ccc2ccccc21. The number of aliphatic hydroxyl groups is 1. The van der Waals surface area contributed by atoms with Crippen LogP contribution in [0.4, 0.5) is 5.69 Å². The fourth-order valence-electron chi connectivity index (χ4n) is 2.83. The molecule has 0 aliphatic carbocycles. The molecule has 98 valence electrons. The van der Waals surface area contributed by atoms with Crippen LogP contribution in [0, 0.1) is 0 Å². The second kappa shape index (κ2) is 3.71.